The Hall–Kier alpha value is -1.88. The number of piperidine rings is 1. The lowest BCUT2D eigenvalue weighted by Gasteiger charge is -2.37. The minimum absolute atomic E-state index is 0.0733. The Morgan fingerprint density at radius 2 is 1.93 bits per heavy atom. The third kappa shape index (κ3) is 4.34. The summed E-state index contributed by atoms with van der Waals surface area (Å²) in [5.74, 6) is 0.260. The van der Waals surface area contributed by atoms with Gasteiger partial charge in [-0.1, -0.05) is 31.7 Å². The number of rotatable bonds is 4. The van der Waals surface area contributed by atoms with E-state index < -0.39 is 0 Å². The standard InChI is InChI=1S/C22H28N2O2S/c25-21-10-8-18(15-24(21)19-5-3-1-2-4-6-19)22(26)23-14-16-7-9-20-17(13-16)11-12-27-20/h7,9,11-13,18-19H,1-6,8,10,14-15H2,(H,23,26)/t18-/m1/s1. The second-order valence-corrected chi connectivity index (χ2v) is 8.89. The lowest BCUT2D eigenvalue weighted by Crippen LogP contribution is -2.49. The van der Waals surface area contributed by atoms with Crippen molar-refractivity contribution in [3.05, 3.63) is 35.2 Å². The van der Waals surface area contributed by atoms with Crippen molar-refractivity contribution in [1.82, 2.24) is 10.2 Å². The van der Waals surface area contributed by atoms with Crippen LogP contribution in [0, 0.1) is 5.92 Å². The van der Waals surface area contributed by atoms with E-state index in [4.69, 9.17) is 0 Å². The first kappa shape index (κ1) is 18.5. The molecule has 1 saturated heterocycles. The quantitative estimate of drug-likeness (QED) is 0.790. The molecule has 5 heteroatoms. The summed E-state index contributed by atoms with van der Waals surface area (Å²) in [4.78, 5) is 27.2. The number of nitrogens with zero attached hydrogens (tertiary/aromatic N) is 1. The Balaban J connectivity index is 1.35. The minimum Gasteiger partial charge on any atom is -0.352 e. The molecule has 1 aromatic heterocycles. The molecule has 2 amide bonds. The van der Waals surface area contributed by atoms with Crippen LogP contribution < -0.4 is 5.32 Å². The number of thiophene rings is 1. The molecule has 1 atom stereocenters. The molecule has 1 N–H and O–H groups in total. The number of likely N-dealkylation sites (tertiary alicyclic amines) is 1. The van der Waals surface area contributed by atoms with E-state index in [9.17, 15) is 9.59 Å². The number of carbonyl (C=O) groups is 2. The van der Waals surface area contributed by atoms with E-state index in [-0.39, 0.29) is 17.7 Å². The van der Waals surface area contributed by atoms with E-state index >= 15 is 0 Å². The van der Waals surface area contributed by atoms with Crippen molar-refractivity contribution in [2.24, 2.45) is 5.92 Å². The third-order valence-corrected chi connectivity index (χ3v) is 6.96. The number of carbonyl (C=O) groups excluding carboxylic acids is 2. The van der Waals surface area contributed by atoms with Gasteiger partial charge in [-0.2, -0.15) is 0 Å². The van der Waals surface area contributed by atoms with Gasteiger partial charge in [-0.3, -0.25) is 9.59 Å². The van der Waals surface area contributed by atoms with Crippen LogP contribution in [0.25, 0.3) is 10.1 Å². The van der Waals surface area contributed by atoms with Crippen LogP contribution in [0.3, 0.4) is 0 Å². The molecule has 0 radical (unpaired) electrons. The summed E-state index contributed by atoms with van der Waals surface area (Å²) < 4.78 is 1.27. The molecule has 0 spiro atoms. The van der Waals surface area contributed by atoms with Gasteiger partial charge in [0.15, 0.2) is 0 Å². The van der Waals surface area contributed by atoms with Crippen molar-refractivity contribution in [2.45, 2.75) is 64.0 Å². The number of nitrogens with one attached hydrogen (secondary N) is 1. The second-order valence-electron chi connectivity index (χ2n) is 7.94. The maximum Gasteiger partial charge on any atom is 0.225 e. The summed E-state index contributed by atoms with van der Waals surface area (Å²) in [7, 11) is 0. The van der Waals surface area contributed by atoms with Gasteiger partial charge < -0.3 is 10.2 Å². The average molecular weight is 385 g/mol. The highest BCUT2D eigenvalue weighted by Crippen LogP contribution is 2.27. The summed E-state index contributed by atoms with van der Waals surface area (Å²) in [6, 6.07) is 8.81. The summed E-state index contributed by atoms with van der Waals surface area (Å²) in [6.07, 6.45) is 8.34. The average Bonchev–Trinajstić information content (AvgIpc) is 2.99. The van der Waals surface area contributed by atoms with E-state index in [1.807, 2.05) is 4.90 Å². The highest BCUT2D eigenvalue weighted by molar-refractivity contribution is 7.17. The van der Waals surface area contributed by atoms with Gasteiger partial charge in [0.25, 0.3) is 0 Å². The normalized spacial score (nSPS) is 22.0. The Labute approximate surface area is 164 Å². The van der Waals surface area contributed by atoms with Crippen molar-refractivity contribution in [3.8, 4) is 0 Å². The molecular formula is C22H28N2O2S. The van der Waals surface area contributed by atoms with Crippen LogP contribution >= 0.6 is 11.3 Å². The molecule has 2 aromatic rings. The van der Waals surface area contributed by atoms with Gasteiger partial charge in [-0.25, -0.2) is 0 Å². The number of fused-ring (bicyclic) bond motifs is 1. The Kier molecular flexibility index (Phi) is 5.77. The van der Waals surface area contributed by atoms with Gasteiger partial charge in [0.05, 0.1) is 5.92 Å². The maximum absolute atomic E-state index is 12.7. The molecule has 4 nitrogen and oxygen atoms in total. The van der Waals surface area contributed by atoms with Gasteiger partial charge >= 0.3 is 0 Å². The maximum atomic E-state index is 12.7. The molecule has 27 heavy (non-hydrogen) atoms. The largest absolute Gasteiger partial charge is 0.352 e. The SMILES string of the molecule is O=C(NCc1ccc2sccc2c1)[C@@H]1CCC(=O)N(C2CCCCCC2)C1. The van der Waals surface area contributed by atoms with Crippen LogP contribution in [-0.4, -0.2) is 29.3 Å². The molecule has 1 aromatic carbocycles. The summed E-state index contributed by atoms with van der Waals surface area (Å²) >= 11 is 1.73. The fourth-order valence-corrected chi connectivity index (χ4v) is 5.24. The molecule has 0 unspecified atom stereocenters. The van der Waals surface area contributed by atoms with Crippen LogP contribution in [0.4, 0.5) is 0 Å². The number of benzene rings is 1. The first-order valence-electron chi connectivity index (χ1n) is 10.2. The Bertz CT molecular complexity index is 808. The monoisotopic (exact) mass is 384 g/mol. The van der Waals surface area contributed by atoms with Crippen LogP contribution in [0.1, 0.15) is 56.9 Å². The fourth-order valence-electron chi connectivity index (χ4n) is 4.47. The molecule has 2 fully saturated rings. The first-order chi connectivity index (χ1) is 13.2. The van der Waals surface area contributed by atoms with Crippen LogP contribution in [0.5, 0.6) is 0 Å². The van der Waals surface area contributed by atoms with Crippen molar-refractivity contribution < 1.29 is 9.59 Å². The zero-order valence-corrected chi connectivity index (χ0v) is 16.6. The van der Waals surface area contributed by atoms with Gasteiger partial charge in [0.1, 0.15) is 0 Å². The lowest BCUT2D eigenvalue weighted by atomic mass is 9.93. The second kappa shape index (κ2) is 8.42. The molecule has 144 valence electrons. The van der Waals surface area contributed by atoms with Crippen LogP contribution in [0.2, 0.25) is 0 Å². The molecule has 1 saturated carbocycles. The highest BCUT2D eigenvalue weighted by Gasteiger charge is 2.34. The van der Waals surface area contributed by atoms with E-state index in [0.717, 1.165) is 18.4 Å². The molecule has 4 rings (SSSR count). The van der Waals surface area contributed by atoms with Crippen LogP contribution in [-0.2, 0) is 16.1 Å². The van der Waals surface area contributed by atoms with Crippen molar-refractivity contribution >= 4 is 33.2 Å². The molecule has 1 aliphatic heterocycles. The lowest BCUT2D eigenvalue weighted by molar-refractivity contribution is -0.141. The minimum atomic E-state index is -0.0733. The fraction of sp³-hybridized carbons (Fsp3) is 0.545. The third-order valence-electron chi connectivity index (χ3n) is 6.06. The Morgan fingerprint density at radius 3 is 2.74 bits per heavy atom. The van der Waals surface area contributed by atoms with E-state index in [1.54, 1.807) is 11.3 Å². The molecule has 2 heterocycles. The summed E-state index contributed by atoms with van der Waals surface area (Å²) in [5.41, 5.74) is 1.13. The zero-order chi connectivity index (χ0) is 18.6. The van der Waals surface area contributed by atoms with E-state index in [1.165, 1.54) is 35.8 Å². The predicted molar refractivity (Wildman–Crippen MR) is 110 cm³/mol. The summed E-state index contributed by atoms with van der Waals surface area (Å²) in [5, 5.41) is 6.43. The molecule has 1 aliphatic carbocycles. The van der Waals surface area contributed by atoms with Gasteiger partial charge in [-0.15, -0.1) is 11.3 Å². The zero-order valence-electron chi connectivity index (χ0n) is 15.8. The first-order valence-corrected chi connectivity index (χ1v) is 11.1. The Morgan fingerprint density at radius 1 is 1.11 bits per heavy atom. The van der Waals surface area contributed by atoms with Gasteiger partial charge in [-0.05, 0) is 53.8 Å². The predicted octanol–water partition coefficient (Wildman–Crippen LogP) is 4.48. The van der Waals surface area contributed by atoms with Crippen LogP contribution in [0.15, 0.2) is 29.6 Å². The smallest absolute Gasteiger partial charge is 0.225 e. The molecule has 0 bridgehead atoms. The number of amides is 2. The number of hydrogen-bond donors (Lipinski definition) is 1. The summed E-state index contributed by atoms with van der Waals surface area (Å²) in [6.45, 7) is 1.15. The van der Waals surface area contributed by atoms with E-state index in [2.05, 4.69) is 35.0 Å². The van der Waals surface area contributed by atoms with Crippen molar-refractivity contribution in [1.29, 1.82) is 0 Å². The molecular weight excluding hydrogens is 356 g/mol. The van der Waals surface area contributed by atoms with Gasteiger partial charge in [0.2, 0.25) is 11.8 Å². The van der Waals surface area contributed by atoms with E-state index in [0.29, 0.717) is 32.0 Å². The van der Waals surface area contributed by atoms with Crippen molar-refractivity contribution in [3.63, 3.8) is 0 Å². The topological polar surface area (TPSA) is 49.4 Å². The van der Waals surface area contributed by atoms with Crippen molar-refractivity contribution in [2.75, 3.05) is 6.54 Å². The van der Waals surface area contributed by atoms with Gasteiger partial charge in [0, 0.05) is 30.3 Å². The molecule has 2 aliphatic rings. The highest BCUT2D eigenvalue weighted by atomic mass is 32.1. The number of hydrogen-bond acceptors (Lipinski definition) is 3.